The first kappa shape index (κ1) is 23.9. The van der Waals surface area contributed by atoms with E-state index in [-0.39, 0.29) is 24.2 Å². The van der Waals surface area contributed by atoms with Gasteiger partial charge in [-0.2, -0.15) is 0 Å². The molecule has 1 N–H and O–H groups in total. The van der Waals surface area contributed by atoms with E-state index in [1.807, 2.05) is 42.5 Å². The zero-order valence-corrected chi connectivity index (χ0v) is 19.1. The molecule has 2 aliphatic heterocycles. The molecule has 0 bridgehead atoms. The van der Waals surface area contributed by atoms with Crippen molar-refractivity contribution in [3.63, 3.8) is 0 Å². The predicted molar refractivity (Wildman–Crippen MR) is 123 cm³/mol. The molecule has 180 valence electrons. The molecule has 1 amide bonds. The molecule has 0 radical (unpaired) electrons. The third-order valence-corrected chi connectivity index (χ3v) is 5.97. The average molecular weight is 468 g/mol. The number of methoxy groups -OCH3 is 1. The van der Waals surface area contributed by atoms with Gasteiger partial charge in [0.2, 0.25) is 6.29 Å². The molecule has 8 heteroatoms. The highest BCUT2D eigenvalue weighted by Crippen LogP contribution is 2.33. The van der Waals surface area contributed by atoms with Crippen LogP contribution in [-0.4, -0.2) is 61.6 Å². The molecule has 1 saturated heterocycles. The number of benzene rings is 2. The number of carbonyl (C=O) groups excluding carboxylic acids is 2. The maximum absolute atomic E-state index is 13.1. The van der Waals surface area contributed by atoms with E-state index in [1.54, 1.807) is 17.0 Å². The topological polar surface area (TPSA) is 94.5 Å². The minimum absolute atomic E-state index is 0.0128. The number of ether oxygens (including phenoxy) is 4. The number of esters is 1. The smallest absolute Gasteiger partial charge is 0.337 e. The first-order valence-corrected chi connectivity index (χ1v) is 11.3. The van der Waals surface area contributed by atoms with Gasteiger partial charge in [0.1, 0.15) is 0 Å². The Morgan fingerprint density at radius 1 is 1.03 bits per heavy atom. The summed E-state index contributed by atoms with van der Waals surface area (Å²) in [6.07, 6.45) is 1.74. The first-order chi connectivity index (χ1) is 16.6. The van der Waals surface area contributed by atoms with Crippen LogP contribution < -0.4 is 0 Å². The van der Waals surface area contributed by atoms with Gasteiger partial charge in [-0.15, -0.1) is 0 Å². The number of aliphatic hydroxyl groups excluding tert-OH is 1. The van der Waals surface area contributed by atoms with Crippen molar-refractivity contribution in [1.29, 1.82) is 0 Å². The van der Waals surface area contributed by atoms with Crippen LogP contribution in [0.15, 0.2) is 60.4 Å². The second-order valence-electron chi connectivity index (χ2n) is 8.22. The van der Waals surface area contributed by atoms with Crippen molar-refractivity contribution in [3.05, 3.63) is 82.6 Å². The number of amides is 1. The summed E-state index contributed by atoms with van der Waals surface area (Å²) < 4.78 is 22.2. The van der Waals surface area contributed by atoms with E-state index in [4.69, 9.17) is 18.9 Å². The van der Waals surface area contributed by atoms with Crippen molar-refractivity contribution >= 4 is 11.9 Å². The fraction of sp³-hybridized carbons (Fsp3) is 0.385. The zero-order valence-electron chi connectivity index (χ0n) is 19.1. The fourth-order valence-electron chi connectivity index (χ4n) is 3.98. The molecule has 0 aliphatic carbocycles. The SMILES string of the molecule is COC(=O)c1ccc(C2C=C(C(=O)N3CCOCC3)OC(OCc3ccc(CO)cc3)C2)cc1. The van der Waals surface area contributed by atoms with E-state index in [2.05, 4.69) is 0 Å². The molecule has 2 aliphatic rings. The molecule has 0 spiro atoms. The van der Waals surface area contributed by atoms with Crippen LogP contribution in [0.2, 0.25) is 0 Å². The van der Waals surface area contributed by atoms with Crippen molar-refractivity contribution < 1.29 is 33.6 Å². The van der Waals surface area contributed by atoms with Crippen molar-refractivity contribution in [1.82, 2.24) is 4.90 Å². The van der Waals surface area contributed by atoms with E-state index in [1.165, 1.54) is 7.11 Å². The molecule has 2 unspecified atom stereocenters. The van der Waals surface area contributed by atoms with Crippen molar-refractivity contribution in [2.45, 2.75) is 31.8 Å². The average Bonchev–Trinajstić information content (AvgIpc) is 2.91. The summed E-state index contributed by atoms with van der Waals surface area (Å²) in [4.78, 5) is 26.6. The Labute approximate surface area is 198 Å². The van der Waals surface area contributed by atoms with Gasteiger partial charge < -0.3 is 29.0 Å². The summed E-state index contributed by atoms with van der Waals surface area (Å²) in [5.74, 6) is -0.441. The van der Waals surface area contributed by atoms with E-state index >= 15 is 0 Å². The van der Waals surface area contributed by atoms with Crippen LogP contribution >= 0.6 is 0 Å². The van der Waals surface area contributed by atoms with Crippen LogP contribution in [0, 0.1) is 0 Å². The third kappa shape index (κ3) is 5.83. The molecular weight excluding hydrogens is 438 g/mol. The Morgan fingerprint density at radius 2 is 1.71 bits per heavy atom. The number of aliphatic hydroxyl groups is 1. The molecule has 0 aromatic heterocycles. The third-order valence-electron chi connectivity index (χ3n) is 5.97. The normalized spacial score (nSPS) is 20.3. The van der Waals surface area contributed by atoms with E-state index in [0.29, 0.717) is 44.9 Å². The minimum atomic E-state index is -0.618. The van der Waals surface area contributed by atoms with Crippen molar-refractivity contribution in [3.8, 4) is 0 Å². The minimum Gasteiger partial charge on any atom is -0.465 e. The van der Waals surface area contributed by atoms with Crippen LogP contribution in [0.5, 0.6) is 0 Å². The van der Waals surface area contributed by atoms with Gasteiger partial charge in [0, 0.05) is 25.4 Å². The molecule has 2 aromatic rings. The number of allylic oxidation sites excluding steroid dienone is 1. The van der Waals surface area contributed by atoms with Gasteiger partial charge in [-0.1, -0.05) is 36.4 Å². The number of hydrogen-bond acceptors (Lipinski definition) is 7. The van der Waals surface area contributed by atoms with E-state index < -0.39 is 12.3 Å². The Hall–Kier alpha value is -3.20. The molecule has 2 heterocycles. The highest BCUT2D eigenvalue weighted by atomic mass is 16.7. The Balaban J connectivity index is 1.51. The summed E-state index contributed by atoms with van der Waals surface area (Å²) in [7, 11) is 1.35. The molecule has 0 saturated carbocycles. The van der Waals surface area contributed by atoms with Crippen LogP contribution in [0.1, 0.15) is 39.4 Å². The van der Waals surface area contributed by atoms with Crippen LogP contribution in [0.4, 0.5) is 0 Å². The van der Waals surface area contributed by atoms with Crippen LogP contribution in [0.3, 0.4) is 0 Å². The lowest BCUT2D eigenvalue weighted by Gasteiger charge is -2.33. The summed E-state index contributed by atoms with van der Waals surface area (Å²) in [6.45, 7) is 2.33. The van der Waals surface area contributed by atoms with Gasteiger partial charge in [0.15, 0.2) is 5.76 Å². The second-order valence-corrected chi connectivity index (χ2v) is 8.22. The maximum Gasteiger partial charge on any atom is 0.337 e. The summed E-state index contributed by atoms with van der Waals surface area (Å²) in [6, 6.07) is 14.6. The summed E-state index contributed by atoms with van der Waals surface area (Å²) in [5.41, 5.74) is 3.18. The number of rotatable bonds is 7. The van der Waals surface area contributed by atoms with E-state index in [9.17, 15) is 14.7 Å². The second kappa shape index (κ2) is 11.3. The molecule has 2 aromatic carbocycles. The first-order valence-electron chi connectivity index (χ1n) is 11.3. The monoisotopic (exact) mass is 467 g/mol. The van der Waals surface area contributed by atoms with Crippen molar-refractivity contribution in [2.75, 3.05) is 33.4 Å². The van der Waals surface area contributed by atoms with Crippen molar-refractivity contribution in [2.24, 2.45) is 0 Å². The largest absolute Gasteiger partial charge is 0.465 e. The Kier molecular flexibility index (Phi) is 7.95. The van der Waals surface area contributed by atoms with E-state index in [0.717, 1.165) is 16.7 Å². The number of nitrogens with zero attached hydrogens (tertiary/aromatic N) is 1. The van der Waals surface area contributed by atoms with Gasteiger partial charge in [-0.25, -0.2) is 4.79 Å². The molecule has 34 heavy (non-hydrogen) atoms. The van der Waals surface area contributed by atoms with Crippen LogP contribution in [0.25, 0.3) is 0 Å². The molecule has 1 fully saturated rings. The lowest BCUT2D eigenvalue weighted by atomic mass is 9.92. The highest BCUT2D eigenvalue weighted by Gasteiger charge is 2.31. The maximum atomic E-state index is 13.1. The van der Waals surface area contributed by atoms with Gasteiger partial charge in [0.05, 0.1) is 39.1 Å². The van der Waals surface area contributed by atoms with Crippen LogP contribution in [-0.2, 0) is 37.0 Å². The molecular formula is C26H29NO7. The summed E-state index contributed by atoms with van der Waals surface area (Å²) in [5, 5.41) is 9.22. The fourth-order valence-corrected chi connectivity index (χ4v) is 3.98. The highest BCUT2D eigenvalue weighted by molar-refractivity contribution is 5.92. The summed E-state index contributed by atoms with van der Waals surface area (Å²) >= 11 is 0. The molecule has 2 atom stereocenters. The standard InChI is InChI=1S/C26H29NO7/c1-31-26(30)21-8-6-20(7-9-21)22-14-23(25(29)27-10-12-32-13-11-27)34-24(15-22)33-17-19-4-2-18(16-28)3-5-19/h2-9,14,22,24,28H,10-13,15-17H2,1H3. The number of carbonyl (C=O) groups is 2. The Bertz CT molecular complexity index is 1010. The number of morpholine rings is 1. The zero-order chi connectivity index (χ0) is 23.9. The predicted octanol–water partition coefficient (Wildman–Crippen LogP) is 2.76. The Morgan fingerprint density at radius 3 is 2.35 bits per heavy atom. The van der Waals surface area contributed by atoms with Gasteiger partial charge in [-0.3, -0.25) is 4.79 Å². The lowest BCUT2D eigenvalue weighted by molar-refractivity contribution is -0.158. The van der Waals surface area contributed by atoms with Gasteiger partial charge in [0.25, 0.3) is 5.91 Å². The quantitative estimate of drug-likeness (QED) is 0.626. The lowest BCUT2D eigenvalue weighted by Crippen LogP contribution is -2.43. The van der Waals surface area contributed by atoms with Gasteiger partial charge in [-0.05, 0) is 34.9 Å². The molecule has 4 rings (SSSR count). The molecule has 8 nitrogen and oxygen atoms in total. The van der Waals surface area contributed by atoms with Gasteiger partial charge >= 0.3 is 5.97 Å². The number of hydrogen-bond donors (Lipinski definition) is 1.